The van der Waals surface area contributed by atoms with E-state index in [0.717, 1.165) is 4.31 Å². The summed E-state index contributed by atoms with van der Waals surface area (Å²) in [6.07, 6.45) is -4.85. The highest BCUT2D eigenvalue weighted by molar-refractivity contribution is 7.89. The van der Waals surface area contributed by atoms with E-state index < -0.39 is 27.9 Å². The largest absolute Gasteiger partial charge is 0.454 e. The van der Waals surface area contributed by atoms with Gasteiger partial charge in [-0.1, -0.05) is 27.2 Å². The van der Waals surface area contributed by atoms with Crippen molar-refractivity contribution in [3.63, 3.8) is 0 Å². The molecule has 0 N–H and O–H groups in total. The molecule has 0 aromatic carbocycles. The van der Waals surface area contributed by atoms with Crippen LogP contribution < -0.4 is 0 Å². The molecule has 0 aliphatic rings. The molecule has 0 aromatic heterocycles. The molecule has 3 nitrogen and oxygen atoms in total. The quantitative estimate of drug-likeness (QED) is 0.642. The van der Waals surface area contributed by atoms with Gasteiger partial charge in [0, 0.05) is 13.1 Å². The topological polar surface area (TPSA) is 37.4 Å². The molecule has 0 bridgehead atoms. The molecule has 20 heavy (non-hydrogen) atoms. The van der Waals surface area contributed by atoms with Gasteiger partial charge in [-0.15, -0.1) is 0 Å². The van der Waals surface area contributed by atoms with Crippen molar-refractivity contribution in [3.8, 4) is 0 Å². The molecule has 0 aliphatic carbocycles. The lowest BCUT2D eigenvalue weighted by atomic mass is 10.2. The first-order chi connectivity index (χ1) is 8.83. The van der Waals surface area contributed by atoms with E-state index in [1.54, 1.807) is 20.8 Å². The highest BCUT2D eigenvalue weighted by Crippen LogP contribution is 2.37. The van der Waals surface area contributed by atoms with E-state index in [9.17, 15) is 30.4 Å². The van der Waals surface area contributed by atoms with Crippen LogP contribution in [0.4, 0.5) is 22.0 Å². The summed E-state index contributed by atoms with van der Waals surface area (Å²) in [5.41, 5.74) is 0. The van der Waals surface area contributed by atoms with Gasteiger partial charge in [-0.3, -0.25) is 0 Å². The third-order valence-electron chi connectivity index (χ3n) is 2.50. The van der Waals surface area contributed by atoms with E-state index in [-0.39, 0.29) is 19.0 Å². The van der Waals surface area contributed by atoms with E-state index >= 15 is 0 Å². The molecule has 0 radical (unpaired) electrons. The van der Waals surface area contributed by atoms with Crippen LogP contribution in [-0.4, -0.2) is 43.7 Å². The van der Waals surface area contributed by atoms with E-state index in [1.807, 2.05) is 0 Å². The Labute approximate surface area is 116 Å². The fourth-order valence-corrected chi connectivity index (χ4v) is 3.22. The average molecular weight is 325 g/mol. The van der Waals surface area contributed by atoms with Crippen LogP contribution in [-0.2, 0) is 10.0 Å². The Kier molecular flexibility index (Phi) is 6.86. The number of alkyl halides is 5. The minimum Gasteiger partial charge on any atom is -0.212 e. The van der Waals surface area contributed by atoms with Crippen molar-refractivity contribution in [2.24, 2.45) is 5.92 Å². The van der Waals surface area contributed by atoms with E-state index in [0.29, 0.717) is 12.8 Å². The number of sulfonamides is 1. The average Bonchev–Trinajstić information content (AvgIpc) is 2.20. The summed E-state index contributed by atoms with van der Waals surface area (Å²) in [5, 5.41) is 0. The molecule has 0 unspecified atom stereocenters. The lowest BCUT2D eigenvalue weighted by molar-refractivity contribution is -0.271. The Morgan fingerprint density at radius 1 is 1.10 bits per heavy atom. The molecule has 0 fully saturated rings. The summed E-state index contributed by atoms with van der Waals surface area (Å²) in [6.45, 7) is 4.97. The van der Waals surface area contributed by atoms with Crippen molar-refractivity contribution in [1.29, 1.82) is 0 Å². The van der Waals surface area contributed by atoms with Crippen LogP contribution in [0.2, 0.25) is 0 Å². The first kappa shape index (κ1) is 19.6. The highest BCUT2D eigenvalue weighted by Gasteiger charge is 2.60. The highest BCUT2D eigenvalue weighted by atomic mass is 32.2. The van der Waals surface area contributed by atoms with Crippen molar-refractivity contribution < 1.29 is 30.4 Å². The van der Waals surface area contributed by atoms with Crippen LogP contribution in [0.15, 0.2) is 0 Å². The van der Waals surface area contributed by atoms with Crippen molar-refractivity contribution in [1.82, 2.24) is 4.31 Å². The monoisotopic (exact) mass is 325 g/mol. The zero-order valence-corrected chi connectivity index (χ0v) is 12.5. The molecule has 122 valence electrons. The minimum absolute atomic E-state index is 0.0506. The van der Waals surface area contributed by atoms with Gasteiger partial charge in [-0.25, -0.2) is 12.7 Å². The lowest BCUT2D eigenvalue weighted by Gasteiger charge is -2.27. The molecule has 0 aliphatic heterocycles. The first-order valence-electron chi connectivity index (χ1n) is 6.26. The number of hydrogen-bond acceptors (Lipinski definition) is 2. The molecular weight excluding hydrogens is 305 g/mol. The second-order valence-electron chi connectivity index (χ2n) is 5.06. The zero-order valence-electron chi connectivity index (χ0n) is 11.7. The van der Waals surface area contributed by atoms with Crippen LogP contribution in [0.25, 0.3) is 0 Å². The molecule has 0 saturated carbocycles. The van der Waals surface area contributed by atoms with Crippen molar-refractivity contribution in [2.75, 3.05) is 18.8 Å². The number of unbranched alkanes of at least 4 members (excludes halogenated alkanes) is 1. The molecule has 0 amide bonds. The SMILES string of the molecule is CCCCN(CC(C)C)S(=O)(=O)CC(F)(F)C(F)(F)F. The normalized spacial score (nSPS) is 14.3. The predicted octanol–water partition coefficient (Wildman–Crippen LogP) is 3.27. The molecule has 0 aromatic rings. The number of halogens is 5. The van der Waals surface area contributed by atoms with E-state index in [4.69, 9.17) is 0 Å². The molecule has 0 spiro atoms. The maximum Gasteiger partial charge on any atom is 0.454 e. The third kappa shape index (κ3) is 5.90. The van der Waals surface area contributed by atoms with Crippen LogP contribution in [0, 0.1) is 5.92 Å². The summed E-state index contributed by atoms with van der Waals surface area (Å²) >= 11 is 0. The molecule has 0 heterocycles. The fourth-order valence-electron chi connectivity index (χ4n) is 1.49. The molecular formula is C11H20F5NO2S. The summed E-state index contributed by atoms with van der Waals surface area (Å²) in [4.78, 5) is 0. The second-order valence-corrected chi connectivity index (χ2v) is 7.03. The van der Waals surface area contributed by atoms with Crippen molar-refractivity contribution in [2.45, 2.75) is 45.7 Å². The van der Waals surface area contributed by atoms with Crippen LogP contribution in [0.1, 0.15) is 33.6 Å². The smallest absolute Gasteiger partial charge is 0.212 e. The Morgan fingerprint density at radius 2 is 1.60 bits per heavy atom. The van der Waals surface area contributed by atoms with Gasteiger partial charge in [0.1, 0.15) is 5.75 Å². The summed E-state index contributed by atoms with van der Waals surface area (Å²) in [5.74, 6) is -7.64. The predicted molar refractivity (Wildman–Crippen MR) is 66.1 cm³/mol. The minimum atomic E-state index is -5.87. The Bertz CT molecular complexity index is 392. The van der Waals surface area contributed by atoms with Gasteiger partial charge in [0.25, 0.3) is 0 Å². The molecule has 0 rings (SSSR count). The Hall–Kier alpha value is -0.440. The first-order valence-corrected chi connectivity index (χ1v) is 7.86. The van der Waals surface area contributed by atoms with Crippen molar-refractivity contribution in [3.05, 3.63) is 0 Å². The number of nitrogens with zero attached hydrogens (tertiary/aromatic N) is 1. The number of hydrogen-bond donors (Lipinski definition) is 0. The maximum atomic E-state index is 12.9. The zero-order chi connectivity index (χ0) is 16.2. The summed E-state index contributed by atoms with van der Waals surface area (Å²) < 4.78 is 86.4. The van der Waals surface area contributed by atoms with Gasteiger partial charge >= 0.3 is 12.1 Å². The van der Waals surface area contributed by atoms with Gasteiger partial charge in [0.05, 0.1) is 0 Å². The Balaban J connectivity index is 5.13. The standard InChI is InChI=1S/C11H20F5NO2S/c1-4-5-6-17(7-9(2)3)20(18,19)8-10(12,13)11(14,15)16/h9H,4-8H2,1-3H3. The van der Waals surface area contributed by atoms with E-state index in [2.05, 4.69) is 0 Å². The van der Waals surface area contributed by atoms with E-state index in [1.165, 1.54) is 0 Å². The van der Waals surface area contributed by atoms with Gasteiger partial charge < -0.3 is 0 Å². The lowest BCUT2D eigenvalue weighted by Crippen LogP contribution is -2.48. The Morgan fingerprint density at radius 3 is 1.95 bits per heavy atom. The van der Waals surface area contributed by atoms with Gasteiger partial charge in [0.15, 0.2) is 0 Å². The molecule has 9 heteroatoms. The third-order valence-corrected chi connectivity index (χ3v) is 4.35. The fraction of sp³-hybridized carbons (Fsp3) is 1.00. The van der Waals surface area contributed by atoms with Crippen molar-refractivity contribution >= 4 is 10.0 Å². The van der Waals surface area contributed by atoms with Crippen LogP contribution in [0.3, 0.4) is 0 Å². The molecule has 0 saturated heterocycles. The van der Waals surface area contributed by atoms with Gasteiger partial charge in [0.2, 0.25) is 10.0 Å². The molecule has 0 atom stereocenters. The second kappa shape index (κ2) is 7.02. The summed E-state index contributed by atoms with van der Waals surface area (Å²) in [6, 6.07) is 0. The summed E-state index contributed by atoms with van der Waals surface area (Å²) in [7, 11) is -4.67. The van der Waals surface area contributed by atoms with Crippen LogP contribution >= 0.6 is 0 Å². The van der Waals surface area contributed by atoms with Gasteiger partial charge in [-0.05, 0) is 12.3 Å². The van der Waals surface area contributed by atoms with Crippen LogP contribution in [0.5, 0.6) is 0 Å². The number of rotatable bonds is 8. The maximum absolute atomic E-state index is 12.9. The van der Waals surface area contributed by atoms with Gasteiger partial charge in [-0.2, -0.15) is 22.0 Å².